The van der Waals surface area contributed by atoms with Gasteiger partial charge in [0.2, 0.25) is 0 Å². The van der Waals surface area contributed by atoms with Gasteiger partial charge < -0.3 is 0 Å². The van der Waals surface area contributed by atoms with Crippen molar-refractivity contribution in [3.8, 4) is 0 Å². The van der Waals surface area contributed by atoms with E-state index in [4.69, 9.17) is 0 Å². The van der Waals surface area contributed by atoms with Crippen molar-refractivity contribution in [1.29, 1.82) is 0 Å². The molecule has 5 unspecified atom stereocenters. The van der Waals surface area contributed by atoms with E-state index in [1.54, 1.807) is 0 Å². The van der Waals surface area contributed by atoms with Gasteiger partial charge in [-0.3, -0.25) is 9.59 Å². The first-order valence-electron chi connectivity index (χ1n) is 7.28. The van der Waals surface area contributed by atoms with Crippen molar-refractivity contribution in [2.75, 3.05) is 0 Å². The van der Waals surface area contributed by atoms with Gasteiger partial charge in [-0.2, -0.15) is 0 Å². The molecule has 98 valence electrons. The third-order valence-corrected chi connectivity index (χ3v) is 5.64. The number of rotatable bonds is 0. The van der Waals surface area contributed by atoms with Gasteiger partial charge in [-0.15, -0.1) is 0 Å². The average molecular weight is 254 g/mol. The van der Waals surface area contributed by atoms with Crippen LogP contribution in [0.3, 0.4) is 0 Å². The largest absolute Gasteiger partial charge is 0.294 e. The Hall–Kier alpha value is -1.44. The Morgan fingerprint density at radius 2 is 1.84 bits per heavy atom. The van der Waals surface area contributed by atoms with Crippen LogP contribution in [0.1, 0.15) is 46.0 Å². The molecule has 2 heteroatoms. The van der Waals surface area contributed by atoms with Crippen molar-refractivity contribution in [3.05, 3.63) is 34.9 Å². The fourth-order valence-corrected chi connectivity index (χ4v) is 4.56. The fourth-order valence-electron chi connectivity index (χ4n) is 4.56. The third kappa shape index (κ3) is 1.37. The number of hydrogen-bond donors (Lipinski definition) is 0. The van der Waals surface area contributed by atoms with Gasteiger partial charge >= 0.3 is 0 Å². The lowest BCUT2D eigenvalue weighted by atomic mass is 9.67. The summed E-state index contributed by atoms with van der Waals surface area (Å²) in [4.78, 5) is 25.4. The predicted molar refractivity (Wildman–Crippen MR) is 72.2 cm³/mol. The first kappa shape index (κ1) is 11.4. The molecule has 0 aliphatic heterocycles. The molecule has 2 fully saturated rings. The minimum atomic E-state index is -0.0343. The molecular weight excluding hydrogens is 236 g/mol. The molecule has 0 saturated heterocycles. The Labute approximate surface area is 113 Å². The lowest BCUT2D eigenvalue weighted by molar-refractivity contribution is 0.0656. The standard InChI is InChI=1S/C17H18O2/c1-8-3-4-11-13(7-8)16(18)12-6-5-10-9(2)14(10)15(12)17(11)19/h3-4,7,9-10,12,14-15H,5-6H2,1-2H3. The molecule has 1 aromatic carbocycles. The number of fused-ring (bicyclic) bond motifs is 4. The van der Waals surface area contributed by atoms with Crippen molar-refractivity contribution in [2.24, 2.45) is 29.6 Å². The summed E-state index contributed by atoms with van der Waals surface area (Å²) < 4.78 is 0. The highest BCUT2D eigenvalue weighted by molar-refractivity contribution is 6.16. The zero-order valence-electron chi connectivity index (χ0n) is 11.3. The number of aryl methyl sites for hydroxylation is 1. The molecule has 0 bridgehead atoms. The summed E-state index contributed by atoms with van der Waals surface area (Å²) in [5.74, 6) is 2.22. The summed E-state index contributed by atoms with van der Waals surface area (Å²) in [6.07, 6.45) is 2.04. The van der Waals surface area contributed by atoms with Crippen molar-refractivity contribution in [3.63, 3.8) is 0 Å². The molecule has 0 amide bonds. The normalized spacial score (nSPS) is 39.4. The molecule has 0 aromatic heterocycles. The Morgan fingerprint density at radius 3 is 2.63 bits per heavy atom. The van der Waals surface area contributed by atoms with E-state index in [-0.39, 0.29) is 23.4 Å². The van der Waals surface area contributed by atoms with E-state index in [1.807, 2.05) is 25.1 Å². The van der Waals surface area contributed by atoms with Gasteiger partial charge in [0.1, 0.15) is 0 Å². The van der Waals surface area contributed by atoms with Crippen LogP contribution in [0, 0.1) is 36.5 Å². The number of benzene rings is 1. The van der Waals surface area contributed by atoms with Crippen LogP contribution in [0.15, 0.2) is 18.2 Å². The van der Waals surface area contributed by atoms with E-state index in [9.17, 15) is 9.59 Å². The van der Waals surface area contributed by atoms with Crippen molar-refractivity contribution < 1.29 is 9.59 Å². The van der Waals surface area contributed by atoms with Crippen LogP contribution in [-0.2, 0) is 0 Å². The highest BCUT2D eigenvalue weighted by atomic mass is 16.1. The third-order valence-electron chi connectivity index (χ3n) is 5.64. The SMILES string of the molecule is Cc1ccc2c(c1)C(=O)C1CCC3C(C)C3C1C2=O. The summed E-state index contributed by atoms with van der Waals surface area (Å²) in [5, 5.41) is 0. The molecule has 2 saturated carbocycles. The molecule has 3 aliphatic rings. The van der Waals surface area contributed by atoms with Gasteiger partial charge in [0.15, 0.2) is 11.6 Å². The minimum Gasteiger partial charge on any atom is -0.294 e. The Kier molecular flexibility index (Phi) is 2.13. The fraction of sp³-hybridized carbons (Fsp3) is 0.529. The molecule has 0 N–H and O–H groups in total. The van der Waals surface area contributed by atoms with Crippen molar-refractivity contribution >= 4 is 11.6 Å². The number of carbonyl (C=O) groups is 2. The van der Waals surface area contributed by atoms with Crippen molar-refractivity contribution in [2.45, 2.75) is 26.7 Å². The maximum Gasteiger partial charge on any atom is 0.167 e. The minimum absolute atomic E-state index is 0.0172. The Bertz CT molecular complexity index is 601. The number of ketones is 2. The van der Waals surface area contributed by atoms with Crippen molar-refractivity contribution in [1.82, 2.24) is 0 Å². The second-order valence-electron chi connectivity index (χ2n) is 6.59. The zero-order valence-corrected chi connectivity index (χ0v) is 11.3. The van der Waals surface area contributed by atoms with Gasteiger partial charge in [0, 0.05) is 23.0 Å². The number of carbonyl (C=O) groups excluding carboxylic acids is 2. The van der Waals surface area contributed by atoms with E-state index >= 15 is 0 Å². The summed E-state index contributed by atoms with van der Waals surface area (Å²) in [7, 11) is 0. The smallest absolute Gasteiger partial charge is 0.167 e. The molecular formula is C17H18O2. The van der Waals surface area contributed by atoms with Gasteiger partial charge in [-0.25, -0.2) is 0 Å². The second kappa shape index (κ2) is 3.56. The molecule has 3 aliphatic carbocycles. The molecule has 0 spiro atoms. The van der Waals surface area contributed by atoms with E-state index < -0.39 is 0 Å². The van der Waals surface area contributed by atoms with Crippen LogP contribution in [0.4, 0.5) is 0 Å². The first-order chi connectivity index (χ1) is 9.09. The van der Waals surface area contributed by atoms with Gasteiger partial charge in [0.05, 0.1) is 0 Å². The highest BCUT2D eigenvalue weighted by Crippen LogP contribution is 2.61. The molecule has 1 aromatic rings. The molecule has 19 heavy (non-hydrogen) atoms. The molecule has 4 rings (SSSR count). The van der Waals surface area contributed by atoms with Crippen LogP contribution < -0.4 is 0 Å². The van der Waals surface area contributed by atoms with E-state index in [1.165, 1.54) is 0 Å². The Morgan fingerprint density at radius 1 is 1.05 bits per heavy atom. The summed E-state index contributed by atoms with van der Waals surface area (Å²) >= 11 is 0. The maximum atomic E-state index is 12.7. The topological polar surface area (TPSA) is 34.1 Å². The highest BCUT2D eigenvalue weighted by Gasteiger charge is 2.60. The average Bonchev–Trinajstić information content (AvgIpc) is 3.06. The quantitative estimate of drug-likeness (QED) is 0.712. The number of Topliss-reactive ketones (excluding diaryl/α,β-unsaturated/α-hetero) is 2. The zero-order chi connectivity index (χ0) is 13.3. The summed E-state index contributed by atoms with van der Waals surface area (Å²) in [6.45, 7) is 4.21. The lowest BCUT2D eigenvalue weighted by Crippen LogP contribution is -2.40. The monoisotopic (exact) mass is 254 g/mol. The van der Waals surface area contributed by atoms with E-state index in [2.05, 4.69) is 6.92 Å². The Balaban J connectivity index is 1.85. The van der Waals surface area contributed by atoms with Gasteiger partial charge in [-0.05, 0) is 43.6 Å². The number of hydrogen-bond acceptors (Lipinski definition) is 2. The summed E-state index contributed by atoms with van der Waals surface area (Å²) in [5.41, 5.74) is 2.42. The van der Waals surface area contributed by atoms with Crippen LogP contribution in [0.5, 0.6) is 0 Å². The maximum absolute atomic E-state index is 12.7. The van der Waals surface area contributed by atoms with Gasteiger partial charge in [-0.1, -0.05) is 24.6 Å². The van der Waals surface area contributed by atoms with Crippen LogP contribution in [0.25, 0.3) is 0 Å². The van der Waals surface area contributed by atoms with Crippen LogP contribution >= 0.6 is 0 Å². The molecule has 5 atom stereocenters. The first-order valence-corrected chi connectivity index (χ1v) is 7.28. The van der Waals surface area contributed by atoms with E-state index in [0.29, 0.717) is 28.9 Å². The van der Waals surface area contributed by atoms with Crippen LogP contribution in [-0.4, -0.2) is 11.6 Å². The summed E-state index contributed by atoms with van der Waals surface area (Å²) in [6, 6.07) is 5.70. The second-order valence-corrected chi connectivity index (χ2v) is 6.59. The predicted octanol–water partition coefficient (Wildman–Crippen LogP) is 3.28. The van der Waals surface area contributed by atoms with Crippen LogP contribution in [0.2, 0.25) is 0 Å². The lowest BCUT2D eigenvalue weighted by Gasteiger charge is -2.34. The molecule has 0 radical (unpaired) electrons. The molecule has 2 nitrogen and oxygen atoms in total. The molecule has 0 heterocycles. The van der Waals surface area contributed by atoms with E-state index in [0.717, 1.165) is 18.4 Å². The van der Waals surface area contributed by atoms with Gasteiger partial charge in [0.25, 0.3) is 0 Å².